The Hall–Kier alpha value is -3.11. The van der Waals surface area contributed by atoms with Gasteiger partial charge in [0, 0.05) is 64.7 Å². The highest BCUT2D eigenvalue weighted by Gasteiger charge is 2.44. The molecule has 7 unspecified atom stereocenters. The first-order valence-electron chi connectivity index (χ1n) is 18.9. The third-order valence-electron chi connectivity index (χ3n) is 8.34. The van der Waals surface area contributed by atoms with Gasteiger partial charge in [-0.3, -0.25) is 33.5 Å². The summed E-state index contributed by atoms with van der Waals surface area (Å²) in [5.74, 6) is -2.21. The Bertz CT molecular complexity index is 1650. The van der Waals surface area contributed by atoms with Gasteiger partial charge in [0.05, 0.1) is 45.5 Å². The summed E-state index contributed by atoms with van der Waals surface area (Å²) in [6.07, 6.45) is -3.45. The van der Waals surface area contributed by atoms with Crippen LogP contribution in [0.2, 0.25) is 0 Å². The Balaban J connectivity index is 0.000000677. The second kappa shape index (κ2) is 27.0. The molecule has 0 radical (unpaired) electrons. The van der Waals surface area contributed by atoms with E-state index in [2.05, 4.69) is 43.4 Å². The van der Waals surface area contributed by atoms with Crippen LogP contribution in [0.4, 0.5) is 0 Å². The molecule has 334 valence electrons. The Labute approximate surface area is 358 Å². The first-order chi connectivity index (χ1) is 27.9. The zero-order valence-corrected chi connectivity index (χ0v) is 38.0. The Kier molecular flexibility index (Phi) is 23.8. The smallest absolute Gasteiger partial charge is 0.330 e. The van der Waals surface area contributed by atoms with Crippen LogP contribution >= 0.6 is 31.5 Å². The molecule has 1 amide bonds. The molecule has 0 bridgehead atoms. The number of morpholine rings is 1. The van der Waals surface area contributed by atoms with Gasteiger partial charge in [-0.2, -0.15) is 5.26 Å². The van der Waals surface area contributed by atoms with Crippen molar-refractivity contribution in [2.75, 3.05) is 59.8 Å². The summed E-state index contributed by atoms with van der Waals surface area (Å²) in [5, 5.41) is 8.43. The van der Waals surface area contributed by atoms with Gasteiger partial charge in [-0.25, -0.2) is 9.46 Å². The van der Waals surface area contributed by atoms with E-state index in [1.807, 2.05) is 0 Å². The van der Waals surface area contributed by atoms with Crippen LogP contribution in [0.3, 0.4) is 0 Å². The lowest BCUT2D eigenvalue weighted by molar-refractivity contribution is -0.267. The van der Waals surface area contributed by atoms with Crippen LogP contribution in [0.25, 0.3) is 0 Å². The largest absolute Gasteiger partial charge is 0.463 e. The highest BCUT2D eigenvalue weighted by Crippen LogP contribution is 2.45. The zero-order chi connectivity index (χ0) is 44.2. The number of hydrogen-bond donors (Lipinski definition) is 1. The van der Waals surface area contributed by atoms with Crippen LogP contribution in [0.1, 0.15) is 73.1 Å². The van der Waals surface area contributed by atoms with Crippen LogP contribution in [0.15, 0.2) is 15.8 Å². The van der Waals surface area contributed by atoms with Gasteiger partial charge in [0.25, 0.3) is 14.1 Å². The summed E-state index contributed by atoms with van der Waals surface area (Å²) in [5.41, 5.74) is -0.873. The molecule has 0 aliphatic carbocycles. The van der Waals surface area contributed by atoms with Gasteiger partial charge in [-0.1, -0.05) is 0 Å². The lowest BCUT2D eigenvalue weighted by atomic mass is 10.0. The summed E-state index contributed by atoms with van der Waals surface area (Å²) in [6.45, 7) is 13.8. The van der Waals surface area contributed by atoms with Gasteiger partial charge in [0.1, 0.15) is 54.5 Å². The first kappa shape index (κ1) is 52.0. The summed E-state index contributed by atoms with van der Waals surface area (Å²) in [6, 6.07) is 2.80. The minimum absolute atomic E-state index is 0.0154. The SMILES string of the molecule is CC(=O)OCC1OC(OCCOCC(=O)N2CC(COI)OC(n3cc(C)c(=O)[nH]c3=O)C2)CC(OC(C)=O)C1OC(C)=O.COP(OCCC#N)N(C(C)C)C(C)C. The molecule has 23 heteroatoms. The number of aryl methyl sites for hydroxylation is 1. The van der Waals surface area contributed by atoms with Crippen LogP contribution in [0, 0.1) is 18.3 Å². The third kappa shape index (κ3) is 18.2. The lowest BCUT2D eigenvalue weighted by Gasteiger charge is -2.39. The number of carbonyl (C=O) groups is 4. The molecular formula is C36H57IN5O16P. The molecule has 21 nitrogen and oxygen atoms in total. The standard InChI is InChI=1S/C26H36IN3O14.C10H21N2O2P/c1-14-8-30(26(36)28-25(14)35)22-10-29(9-18(43-22)11-40-27)21(34)13-37-5-6-38-23-7-19(41-16(3)32)24(42-17(4)33)20(44-23)12-39-15(2)31;1-9(2)12(10(3)4)15(13-5)14-8-6-7-11/h8,18-20,22-24H,5-7,9-13H2,1-4H3,(H,28,35,36);9-10H,6,8H2,1-5H3. The fourth-order valence-corrected chi connectivity index (χ4v) is 7.82. The Morgan fingerprint density at radius 2 is 1.68 bits per heavy atom. The predicted octanol–water partition coefficient (Wildman–Crippen LogP) is 2.42. The molecule has 3 heterocycles. The topological polar surface area (TPSA) is 246 Å². The molecule has 2 fully saturated rings. The molecule has 1 aromatic heterocycles. The van der Waals surface area contributed by atoms with Crippen LogP contribution in [-0.4, -0.2) is 146 Å². The highest BCUT2D eigenvalue weighted by atomic mass is 127. The number of rotatable bonds is 20. The van der Waals surface area contributed by atoms with Crippen molar-refractivity contribution in [3.8, 4) is 6.07 Å². The van der Waals surface area contributed by atoms with Crippen LogP contribution in [0.5, 0.6) is 0 Å². The molecule has 0 spiro atoms. The summed E-state index contributed by atoms with van der Waals surface area (Å²) < 4.78 is 58.1. The number of hydrogen-bond acceptors (Lipinski definition) is 18. The highest BCUT2D eigenvalue weighted by molar-refractivity contribution is 14.1. The second-order valence-electron chi connectivity index (χ2n) is 13.8. The zero-order valence-electron chi connectivity index (χ0n) is 34.9. The summed E-state index contributed by atoms with van der Waals surface area (Å²) in [7, 11) is 0.618. The van der Waals surface area contributed by atoms with Gasteiger partial charge in [0.2, 0.25) is 5.91 Å². The van der Waals surface area contributed by atoms with Crippen molar-refractivity contribution in [1.82, 2.24) is 19.1 Å². The Morgan fingerprint density at radius 1 is 1.00 bits per heavy atom. The minimum Gasteiger partial charge on any atom is -0.463 e. The quantitative estimate of drug-likeness (QED) is 0.0648. The van der Waals surface area contributed by atoms with E-state index in [1.54, 1.807) is 37.0 Å². The van der Waals surface area contributed by atoms with Crippen molar-refractivity contribution >= 4 is 55.3 Å². The molecular weight excluding hydrogens is 916 g/mol. The summed E-state index contributed by atoms with van der Waals surface area (Å²) >= 11 is 1.71. The maximum absolute atomic E-state index is 13.0. The molecule has 1 N–H and O–H groups in total. The molecule has 1 aromatic rings. The lowest BCUT2D eigenvalue weighted by Crippen LogP contribution is -2.54. The minimum atomic E-state index is -1.03. The van der Waals surface area contributed by atoms with E-state index in [0.717, 1.165) is 0 Å². The fourth-order valence-electron chi connectivity index (χ4n) is 5.99. The molecule has 0 aromatic carbocycles. The van der Waals surface area contributed by atoms with Crippen molar-refractivity contribution in [2.24, 2.45) is 0 Å². The van der Waals surface area contributed by atoms with Crippen molar-refractivity contribution in [3.63, 3.8) is 0 Å². The monoisotopic (exact) mass is 973 g/mol. The summed E-state index contributed by atoms with van der Waals surface area (Å²) in [4.78, 5) is 75.6. The molecule has 59 heavy (non-hydrogen) atoms. The van der Waals surface area contributed by atoms with Crippen molar-refractivity contribution < 1.29 is 64.4 Å². The predicted molar refractivity (Wildman–Crippen MR) is 217 cm³/mol. The number of H-pyrrole nitrogens is 1. The van der Waals surface area contributed by atoms with E-state index in [4.69, 9.17) is 50.5 Å². The number of carbonyl (C=O) groups excluding carboxylic acids is 4. The number of nitriles is 1. The average molecular weight is 974 g/mol. The van der Waals surface area contributed by atoms with E-state index in [9.17, 15) is 28.8 Å². The number of ether oxygens (including phenoxy) is 7. The number of amides is 1. The number of aromatic nitrogens is 2. The van der Waals surface area contributed by atoms with Gasteiger partial charge in [-0.05, 0) is 34.6 Å². The normalized spacial score (nSPS) is 22.3. The molecule has 2 aliphatic heterocycles. The van der Waals surface area contributed by atoms with E-state index in [0.29, 0.717) is 30.7 Å². The van der Waals surface area contributed by atoms with E-state index < -0.39 is 74.6 Å². The molecule has 7 atom stereocenters. The second-order valence-corrected chi connectivity index (χ2v) is 16.0. The molecule has 2 saturated heterocycles. The van der Waals surface area contributed by atoms with Gasteiger partial charge in [-0.15, -0.1) is 0 Å². The third-order valence-corrected chi connectivity index (χ3v) is 10.7. The maximum atomic E-state index is 13.0. The van der Waals surface area contributed by atoms with Crippen molar-refractivity contribution in [2.45, 2.75) is 117 Å². The number of esters is 3. The van der Waals surface area contributed by atoms with Gasteiger partial charge in [0.15, 0.2) is 18.6 Å². The number of aromatic amines is 1. The molecule has 2 aliphatic rings. The van der Waals surface area contributed by atoms with Crippen LogP contribution < -0.4 is 11.2 Å². The van der Waals surface area contributed by atoms with E-state index in [1.165, 1.54) is 36.4 Å². The number of nitrogens with one attached hydrogen (secondary N) is 1. The van der Waals surface area contributed by atoms with Crippen molar-refractivity contribution in [3.05, 3.63) is 32.6 Å². The van der Waals surface area contributed by atoms with Crippen molar-refractivity contribution in [1.29, 1.82) is 5.26 Å². The maximum Gasteiger partial charge on any atom is 0.330 e. The number of nitrogens with zero attached hydrogens (tertiary/aromatic N) is 4. The van der Waals surface area contributed by atoms with Crippen LogP contribution in [-0.2, 0) is 64.4 Å². The average Bonchev–Trinajstić information content (AvgIpc) is 3.15. The Morgan fingerprint density at radius 3 is 2.25 bits per heavy atom. The first-order valence-corrected chi connectivity index (χ1v) is 20.9. The molecule has 3 rings (SSSR count). The van der Waals surface area contributed by atoms with Gasteiger partial charge >= 0.3 is 23.6 Å². The van der Waals surface area contributed by atoms with Gasteiger partial charge < -0.3 is 50.2 Å². The van der Waals surface area contributed by atoms with E-state index >= 15 is 0 Å². The molecule has 0 saturated carbocycles. The fraction of sp³-hybridized carbons (Fsp3) is 0.750. The van der Waals surface area contributed by atoms with E-state index in [-0.39, 0.29) is 58.5 Å². The number of halogens is 1.